The molecule has 0 atom stereocenters. The van der Waals surface area contributed by atoms with Gasteiger partial charge in [-0.05, 0) is 12.1 Å². The van der Waals surface area contributed by atoms with Crippen LogP contribution in [0.1, 0.15) is 11.4 Å². The van der Waals surface area contributed by atoms with Crippen molar-refractivity contribution in [2.45, 2.75) is 11.5 Å². The van der Waals surface area contributed by atoms with Crippen LogP contribution in [0, 0.1) is 0 Å². The fourth-order valence-corrected chi connectivity index (χ4v) is 3.32. The summed E-state index contributed by atoms with van der Waals surface area (Å²) in [7, 11) is 0. The highest BCUT2D eigenvalue weighted by Gasteiger charge is 2.00. The minimum atomic E-state index is 0.645. The Morgan fingerprint density at radius 1 is 0.714 bits per heavy atom. The number of pyridine rings is 1. The summed E-state index contributed by atoms with van der Waals surface area (Å²) in [4.78, 5) is 4.69. The number of hydrogen-bond acceptors (Lipinski definition) is 6. The molecule has 1 aliphatic heterocycles. The van der Waals surface area contributed by atoms with Crippen LogP contribution in [0.2, 0.25) is 0 Å². The lowest BCUT2D eigenvalue weighted by atomic mass is 10.3. The fraction of sp³-hybridized carbons (Fsp3) is 0.667. The van der Waals surface area contributed by atoms with Crippen molar-refractivity contribution in [3.8, 4) is 0 Å². The van der Waals surface area contributed by atoms with Crippen LogP contribution in [0.25, 0.3) is 0 Å². The van der Waals surface area contributed by atoms with Crippen LogP contribution in [0.15, 0.2) is 18.2 Å². The first-order valence-electron chi connectivity index (χ1n) is 7.29. The van der Waals surface area contributed by atoms with Crippen LogP contribution in [-0.4, -0.2) is 56.1 Å². The predicted molar refractivity (Wildman–Crippen MR) is 89.0 cm³/mol. The third-order valence-electron chi connectivity index (χ3n) is 2.85. The molecule has 0 amide bonds. The molecule has 21 heavy (non-hydrogen) atoms. The molecule has 2 rings (SSSR count). The molecule has 0 aliphatic carbocycles. The number of ether oxygens (including phenoxy) is 3. The fourth-order valence-electron chi connectivity index (χ4n) is 1.82. The monoisotopic (exact) mass is 329 g/mol. The molecule has 1 aromatic heterocycles. The molecule has 0 saturated carbocycles. The lowest BCUT2D eigenvalue weighted by Gasteiger charge is -2.08. The molecule has 0 fully saturated rings. The van der Waals surface area contributed by atoms with Crippen molar-refractivity contribution in [3.63, 3.8) is 0 Å². The maximum Gasteiger partial charge on any atom is 0.0701 e. The van der Waals surface area contributed by atoms with Crippen molar-refractivity contribution in [1.82, 2.24) is 4.98 Å². The first kappa shape index (κ1) is 17.1. The minimum absolute atomic E-state index is 0.645. The van der Waals surface area contributed by atoms with Crippen LogP contribution in [0.3, 0.4) is 0 Å². The van der Waals surface area contributed by atoms with E-state index in [2.05, 4.69) is 18.2 Å². The second-order valence-electron chi connectivity index (χ2n) is 4.56. The molecule has 4 nitrogen and oxygen atoms in total. The molecular formula is C15H23NO3S2. The van der Waals surface area contributed by atoms with Crippen molar-refractivity contribution < 1.29 is 14.2 Å². The normalized spacial score (nSPS) is 20.4. The molecule has 0 unspecified atom stereocenters. The zero-order chi connectivity index (χ0) is 14.6. The van der Waals surface area contributed by atoms with E-state index in [0.29, 0.717) is 26.4 Å². The van der Waals surface area contributed by atoms with E-state index in [1.165, 1.54) is 0 Å². The molecule has 6 heteroatoms. The number of hydrogen-bond donors (Lipinski definition) is 0. The van der Waals surface area contributed by atoms with Crippen molar-refractivity contribution in [1.29, 1.82) is 0 Å². The summed E-state index contributed by atoms with van der Waals surface area (Å²) in [6, 6.07) is 6.29. The molecule has 2 bridgehead atoms. The van der Waals surface area contributed by atoms with Gasteiger partial charge < -0.3 is 14.2 Å². The van der Waals surface area contributed by atoms with Gasteiger partial charge in [-0.2, -0.15) is 23.5 Å². The Bertz CT molecular complexity index is 362. The molecule has 0 spiro atoms. The quantitative estimate of drug-likeness (QED) is 0.729. The molecule has 0 saturated heterocycles. The van der Waals surface area contributed by atoms with Gasteiger partial charge in [0.25, 0.3) is 0 Å². The Labute approximate surface area is 135 Å². The van der Waals surface area contributed by atoms with E-state index in [4.69, 9.17) is 19.2 Å². The smallest absolute Gasteiger partial charge is 0.0701 e. The van der Waals surface area contributed by atoms with Gasteiger partial charge in [0, 0.05) is 23.0 Å². The molecule has 0 N–H and O–H groups in total. The lowest BCUT2D eigenvalue weighted by molar-refractivity contribution is 0.0205. The van der Waals surface area contributed by atoms with E-state index >= 15 is 0 Å². The second-order valence-corrected chi connectivity index (χ2v) is 6.77. The highest BCUT2D eigenvalue weighted by molar-refractivity contribution is 7.98. The molecule has 2 heterocycles. The molecular weight excluding hydrogens is 306 g/mol. The van der Waals surface area contributed by atoms with Gasteiger partial charge in [-0.15, -0.1) is 0 Å². The van der Waals surface area contributed by atoms with Gasteiger partial charge in [0.1, 0.15) is 0 Å². The van der Waals surface area contributed by atoms with E-state index in [1.54, 1.807) is 0 Å². The van der Waals surface area contributed by atoms with Crippen molar-refractivity contribution in [2.75, 3.05) is 51.1 Å². The Kier molecular flexibility index (Phi) is 9.21. The number of rotatable bonds is 0. The van der Waals surface area contributed by atoms with Gasteiger partial charge in [-0.25, -0.2) is 0 Å². The standard InChI is InChI=1S/C15H23NO3S2/c1-2-14-12-20-10-8-18-6-4-17-5-7-19-9-11-21-13-15(3-1)16-14/h1-3H,4-13H2. The predicted octanol–water partition coefficient (Wildman–Crippen LogP) is 2.61. The number of aromatic nitrogens is 1. The Hall–Kier alpha value is -0.270. The summed E-state index contributed by atoms with van der Waals surface area (Å²) in [5.74, 6) is 3.87. The maximum atomic E-state index is 5.52. The van der Waals surface area contributed by atoms with E-state index in [1.807, 2.05) is 23.5 Å². The summed E-state index contributed by atoms with van der Waals surface area (Å²) in [5, 5.41) is 0. The van der Waals surface area contributed by atoms with Crippen molar-refractivity contribution in [2.24, 2.45) is 0 Å². The van der Waals surface area contributed by atoms with E-state index in [9.17, 15) is 0 Å². The van der Waals surface area contributed by atoms with E-state index in [-0.39, 0.29) is 0 Å². The van der Waals surface area contributed by atoms with Crippen molar-refractivity contribution >= 4 is 23.5 Å². The summed E-state index contributed by atoms with van der Waals surface area (Å²) in [6.07, 6.45) is 0. The summed E-state index contributed by atoms with van der Waals surface area (Å²) in [5.41, 5.74) is 2.30. The van der Waals surface area contributed by atoms with Gasteiger partial charge in [-0.1, -0.05) is 6.07 Å². The van der Waals surface area contributed by atoms with Crippen molar-refractivity contribution in [3.05, 3.63) is 29.6 Å². The van der Waals surface area contributed by atoms with Gasteiger partial charge in [0.2, 0.25) is 0 Å². The third kappa shape index (κ3) is 8.07. The summed E-state index contributed by atoms with van der Waals surface area (Å²) in [6.45, 7) is 4.13. The molecule has 1 aliphatic rings. The lowest BCUT2D eigenvalue weighted by Crippen LogP contribution is -2.11. The van der Waals surface area contributed by atoms with Crippen LogP contribution >= 0.6 is 23.5 Å². The Balaban J connectivity index is 1.78. The van der Waals surface area contributed by atoms with E-state index < -0.39 is 0 Å². The number of thioether (sulfide) groups is 2. The Morgan fingerprint density at radius 2 is 1.19 bits per heavy atom. The van der Waals surface area contributed by atoms with Crippen LogP contribution < -0.4 is 0 Å². The zero-order valence-electron chi connectivity index (χ0n) is 12.3. The number of fused-ring (bicyclic) bond motifs is 2. The molecule has 0 radical (unpaired) electrons. The minimum Gasteiger partial charge on any atom is -0.378 e. The average molecular weight is 329 g/mol. The van der Waals surface area contributed by atoms with Crippen LogP contribution in [-0.2, 0) is 25.7 Å². The summed E-state index contributed by atoms with van der Waals surface area (Å²) < 4.78 is 16.5. The highest BCUT2D eigenvalue weighted by atomic mass is 32.2. The highest BCUT2D eigenvalue weighted by Crippen LogP contribution is 2.14. The first-order chi connectivity index (χ1) is 10.4. The topological polar surface area (TPSA) is 40.6 Å². The first-order valence-corrected chi connectivity index (χ1v) is 9.59. The van der Waals surface area contributed by atoms with E-state index in [0.717, 1.165) is 47.6 Å². The average Bonchev–Trinajstić information content (AvgIpc) is 2.51. The summed E-state index contributed by atoms with van der Waals surface area (Å²) >= 11 is 3.73. The molecule has 118 valence electrons. The third-order valence-corrected chi connectivity index (χ3v) is 4.76. The SMILES string of the molecule is c1cc2nc(c1)CSCCOCCOCCOCCSC2. The Morgan fingerprint density at radius 3 is 1.71 bits per heavy atom. The van der Waals surface area contributed by atoms with Gasteiger partial charge in [-0.3, -0.25) is 4.98 Å². The largest absolute Gasteiger partial charge is 0.378 e. The van der Waals surface area contributed by atoms with Crippen LogP contribution in [0.5, 0.6) is 0 Å². The maximum absolute atomic E-state index is 5.52. The van der Waals surface area contributed by atoms with Gasteiger partial charge in [0.15, 0.2) is 0 Å². The van der Waals surface area contributed by atoms with Gasteiger partial charge in [0.05, 0.1) is 51.0 Å². The molecule has 0 aromatic carbocycles. The number of nitrogens with zero attached hydrogens (tertiary/aromatic N) is 1. The van der Waals surface area contributed by atoms with Crippen LogP contribution in [0.4, 0.5) is 0 Å². The van der Waals surface area contributed by atoms with Gasteiger partial charge >= 0.3 is 0 Å². The molecule has 1 aromatic rings. The zero-order valence-corrected chi connectivity index (χ0v) is 13.9. The second kappa shape index (κ2) is 11.3.